The molecule has 0 radical (unpaired) electrons. The van der Waals surface area contributed by atoms with E-state index in [2.05, 4.69) is 5.32 Å². The van der Waals surface area contributed by atoms with Crippen LogP contribution in [-0.4, -0.2) is 38.7 Å². The molecule has 0 bridgehead atoms. The zero-order valence-electron chi connectivity index (χ0n) is 16.2. The Morgan fingerprint density at radius 3 is 2.21 bits per heavy atom. The number of aryl methyl sites for hydroxylation is 1. The first-order valence-corrected chi connectivity index (χ1v) is 8.77. The van der Waals surface area contributed by atoms with Crippen LogP contribution >= 0.6 is 0 Å². The number of nitrogens with one attached hydrogen (secondary N) is 1. The molecule has 2 aromatic carbocycles. The summed E-state index contributed by atoms with van der Waals surface area (Å²) < 4.78 is 15.4. The van der Waals surface area contributed by atoms with Crippen molar-refractivity contribution >= 4 is 11.6 Å². The van der Waals surface area contributed by atoms with Crippen LogP contribution in [0.1, 0.15) is 17.5 Å². The molecule has 0 fully saturated rings. The van der Waals surface area contributed by atoms with Gasteiger partial charge < -0.3 is 19.5 Å². The fourth-order valence-corrected chi connectivity index (χ4v) is 2.76. The molecule has 0 saturated carbocycles. The summed E-state index contributed by atoms with van der Waals surface area (Å²) in [6, 6.07) is 10.4. The van der Waals surface area contributed by atoms with Gasteiger partial charge in [-0.15, -0.1) is 0 Å². The maximum atomic E-state index is 12.1. The zero-order valence-corrected chi connectivity index (χ0v) is 16.2. The quantitative estimate of drug-likeness (QED) is 0.496. The Bertz CT molecular complexity index is 820. The molecule has 0 unspecified atom stereocenters. The minimum absolute atomic E-state index is 0.0647. The molecule has 8 heteroatoms. The molecular weight excluding hydrogens is 364 g/mol. The van der Waals surface area contributed by atoms with Crippen LogP contribution in [0.5, 0.6) is 17.2 Å². The van der Waals surface area contributed by atoms with E-state index in [0.717, 1.165) is 11.3 Å². The first kappa shape index (κ1) is 21.0. The van der Waals surface area contributed by atoms with E-state index >= 15 is 0 Å². The van der Waals surface area contributed by atoms with E-state index in [1.54, 1.807) is 13.2 Å². The second-order valence-corrected chi connectivity index (χ2v) is 6.04. The summed E-state index contributed by atoms with van der Waals surface area (Å²) in [6.45, 7) is 0.289. The van der Waals surface area contributed by atoms with Crippen molar-refractivity contribution in [2.45, 2.75) is 19.3 Å². The number of benzene rings is 2. The second kappa shape index (κ2) is 10.1. The van der Waals surface area contributed by atoms with E-state index in [1.807, 2.05) is 24.3 Å². The molecule has 1 N–H and O–H groups in total. The average molecular weight is 388 g/mol. The van der Waals surface area contributed by atoms with Crippen molar-refractivity contribution < 1.29 is 23.9 Å². The van der Waals surface area contributed by atoms with Crippen molar-refractivity contribution in [3.8, 4) is 17.2 Å². The lowest BCUT2D eigenvalue weighted by Crippen LogP contribution is -2.26. The molecule has 28 heavy (non-hydrogen) atoms. The van der Waals surface area contributed by atoms with Gasteiger partial charge in [-0.3, -0.25) is 14.9 Å². The van der Waals surface area contributed by atoms with E-state index in [0.29, 0.717) is 36.3 Å². The van der Waals surface area contributed by atoms with E-state index in [4.69, 9.17) is 14.2 Å². The van der Waals surface area contributed by atoms with Crippen molar-refractivity contribution in [2.24, 2.45) is 0 Å². The number of hydrogen-bond donors (Lipinski definition) is 1. The van der Waals surface area contributed by atoms with Gasteiger partial charge >= 0.3 is 0 Å². The van der Waals surface area contributed by atoms with Gasteiger partial charge in [-0.2, -0.15) is 0 Å². The van der Waals surface area contributed by atoms with Gasteiger partial charge in [0.2, 0.25) is 5.91 Å². The van der Waals surface area contributed by atoms with Crippen molar-refractivity contribution in [3.05, 3.63) is 57.6 Å². The molecule has 0 aromatic heterocycles. The van der Waals surface area contributed by atoms with E-state index in [9.17, 15) is 14.9 Å². The summed E-state index contributed by atoms with van der Waals surface area (Å²) in [5.41, 5.74) is 1.44. The SMILES string of the molecule is COc1ccc(CCC(=O)NCCc2cc(OC)c(OC)cc2[N+](=O)[O-])cc1. The smallest absolute Gasteiger partial charge is 0.276 e. The maximum absolute atomic E-state index is 12.1. The van der Waals surface area contributed by atoms with Crippen molar-refractivity contribution in [2.75, 3.05) is 27.9 Å². The Hall–Kier alpha value is -3.29. The van der Waals surface area contributed by atoms with Crippen molar-refractivity contribution in [1.82, 2.24) is 5.32 Å². The lowest BCUT2D eigenvalue weighted by atomic mass is 10.1. The lowest BCUT2D eigenvalue weighted by molar-refractivity contribution is -0.385. The number of hydrogen-bond acceptors (Lipinski definition) is 6. The topological polar surface area (TPSA) is 99.9 Å². The summed E-state index contributed by atoms with van der Waals surface area (Å²) in [6.07, 6.45) is 1.25. The number of nitro benzene ring substituents is 1. The number of carbonyl (C=O) groups excluding carboxylic acids is 1. The summed E-state index contributed by atoms with van der Waals surface area (Å²) in [5, 5.41) is 14.1. The molecule has 0 aliphatic rings. The van der Waals surface area contributed by atoms with Gasteiger partial charge in [-0.1, -0.05) is 12.1 Å². The molecule has 0 aliphatic heterocycles. The van der Waals surface area contributed by atoms with Crippen LogP contribution in [0.3, 0.4) is 0 Å². The molecule has 0 saturated heterocycles. The molecule has 0 atom stereocenters. The third kappa shape index (κ3) is 5.60. The Balaban J connectivity index is 1.90. The minimum atomic E-state index is -0.469. The highest BCUT2D eigenvalue weighted by molar-refractivity contribution is 5.76. The number of nitro groups is 1. The predicted octanol–water partition coefficient (Wildman–Crippen LogP) is 2.91. The number of rotatable bonds is 10. The summed E-state index contributed by atoms with van der Waals surface area (Å²) in [5.74, 6) is 1.36. The Morgan fingerprint density at radius 2 is 1.64 bits per heavy atom. The van der Waals surface area contributed by atoms with Crippen LogP contribution in [0, 0.1) is 10.1 Å². The zero-order chi connectivity index (χ0) is 20.5. The average Bonchev–Trinajstić information content (AvgIpc) is 2.71. The normalized spacial score (nSPS) is 10.2. The van der Waals surface area contributed by atoms with Gasteiger partial charge in [0.05, 0.1) is 32.3 Å². The first-order valence-electron chi connectivity index (χ1n) is 8.77. The van der Waals surface area contributed by atoms with Crippen LogP contribution in [0.4, 0.5) is 5.69 Å². The fourth-order valence-electron chi connectivity index (χ4n) is 2.76. The number of methoxy groups -OCH3 is 3. The van der Waals surface area contributed by atoms with Gasteiger partial charge in [-0.05, 0) is 36.6 Å². The number of carbonyl (C=O) groups is 1. The summed E-state index contributed by atoms with van der Waals surface area (Å²) >= 11 is 0. The third-order valence-corrected chi connectivity index (χ3v) is 4.30. The fraction of sp³-hybridized carbons (Fsp3) is 0.350. The van der Waals surface area contributed by atoms with Gasteiger partial charge in [0.15, 0.2) is 11.5 Å². The molecule has 2 aromatic rings. The maximum Gasteiger partial charge on any atom is 0.276 e. The van der Waals surface area contributed by atoms with Crippen LogP contribution in [-0.2, 0) is 17.6 Å². The van der Waals surface area contributed by atoms with Crippen LogP contribution in [0.2, 0.25) is 0 Å². The monoisotopic (exact) mass is 388 g/mol. The first-order chi connectivity index (χ1) is 13.5. The van der Waals surface area contributed by atoms with Crippen LogP contribution in [0.15, 0.2) is 36.4 Å². The number of amides is 1. The molecule has 150 valence electrons. The number of ether oxygens (including phenoxy) is 3. The van der Waals surface area contributed by atoms with E-state index < -0.39 is 4.92 Å². The van der Waals surface area contributed by atoms with E-state index in [1.165, 1.54) is 20.3 Å². The standard InChI is InChI=1S/C20H24N2O6/c1-26-16-7-4-14(5-8-16)6-9-20(23)21-11-10-15-12-18(27-2)19(28-3)13-17(15)22(24)25/h4-5,7-8,12-13H,6,9-11H2,1-3H3,(H,21,23). The number of nitrogens with zero attached hydrogens (tertiary/aromatic N) is 1. The largest absolute Gasteiger partial charge is 0.497 e. The Morgan fingerprint density at radius 1 is 1.00 bits per heavy atom. The highest BCUT2D eigenvalue weighted by Gasteiger charge is 2.19. The molecule has 0 heterocycles. The highest BCUT2D eigenvalue weighted by Crippen LogP contribution is 2.34. The van der Waals surface area contributed by atoms with Crippen molar-refractivity contribution in [1.29, 1.82) is 0 Å². The third-order valence-electron chi connectivity index (χ3n) is 4.30. The molecule has 0 spiro atoms. The predicted molar refractivity (Wildman–Crippen MR) is 104 cm³/mol. The lowest BCUT2D eigenvalue weighted by Gasteiger charge is -2.11. The highest BCUT2D eigenvalue weighted by atomic mass is 16.6. The van der Waals surface area contributed by atoms with E-state index in [-0.39, 0.29) is 18.1 Å². The molecule has 0 aliphatic carbocycles. The summed E-state index contributed by atoms with van der Waals surface area (Å²) in [7, 11) is 4.49. The second-order valence-electron chi connectivity index (χ2n) is 6.04. The Kier molecular flexibility index (Phi) is 7.62. The van der Waals surface area contributed by atoms with Gasteiger partial charge in [0.25, 0.3) is 5.69 Å². The summed E-state index contributed by atoms with van der Waals surface area (Å²) in [4.78, 5) is 22.9. The van der Waals surface area contributed by atoms with Crippen molar-refractivity contribution in [3.63, 3.8) is 0 Å². The van der Waals surface area contributed by atoms with Gasteiger partial charge in [0, 0.05) is 18.5 Å². The molecule has 8 nitrogen and oxygen atoms in total. The minimum Gasteiger partial charge on any atom is -0.497 e. The molecule has 1 amide bonds. The Labute approximate surface area is 163 Å². The van der Waals surface area contributed by atoms with Crippen LogP contribution < -0.4 is 19.5 Å². The van der Waals surface area contributed by atoms with Crippen LogP contribution in [0.25, 0.3) is 0 Å². The van der Waals surface area contributed by atoms with Gasteiger partial charge in [0.1, 0.15) is 5.75 Å². The van der Waals surface area contributed by atoms with Gasteiger partial charge in [-0.25, -0.2) is 0 Å². The molecule has 2 rings (SSSR count). The molecular formula is C20H24N2O6.